The van der Waals surface area contributed by atoms with Gasteiger partial charge in [-0.2, -0.15) is 0 Å². The van der Waals surface area contributed by atoms with Crippen molar-refractivity contribution in [1.29, 1.82) is 0 Å². The number of phosphoric acid groups is 1. The minimum atomic E-state index is -4.54. The molecule has 2 unspecified atom stereocenters. The van der Waals surface area contributed by atoms with Crippen molar-refractivity contribution in [3.8, 4) is 0 Å². The van der Waals surface area contributed by atoms with Crippen LogP contribution in [0.3, 0.4) is 0 Å². The van der Waals surface area contributed by atoms with E-state index in [2.05, 4.69) is 86.8 Å². The number of hydrogen-bond acceptors (Lipinski definition) is 7. The van der Waals surface area contributed by atoms with Crippen LogP contribution in [0.5, 0.6) is 0 Å². The Balaban J connectivity index is 4.13. The molecule has 0 radical (unpaired) electrons. The highest BCUT2D eigenvalue weighted by Gasteiger charge is 2.20. The zero-order chi connectivity index (χ0) is 46.2. The number of carbonyl (C=O) groups excluding carboxylic acids is 1. The molecule has 0 aromatic heterocycles. The number of allylic oxidation sites excluding steroid dienone is 12. The fourth-order valence-corrected chi connectivity index (χ4v) is 7.53. The Morgan fingerprint density at radius 2 is 0.921 bits per heavy atom. The quantitative estimate of drug-likeness (QED) is 0.0197. The number of hydrogen-bond donors (Lipinski definition) is 0. The molecule has 0 aromatic carbocycles. The van der Waals surface area contributed by atoms with E-state index in [1.165, 1.54) is 109 Å². The van der Waals surface area contributed by atoms with Gasteiger partial charge in [0.15, 0.2) is 0 Å². The van der Waals surface area contributed by atoms with Crippen LogP contribution in [0.2, 0.25) is 0 Å². The molecule has 0 bridgehead atoms. The lowest BCUT2D eigenvalue weighted by atomic mass is 10.1. The highest BCUT2D eigenvalue weighted by molar-refractivity contribution is 7.45. The molecule has 0 fully saturated rings. The van der Waals surface area contributed by atoms with Crippen molar-refractivity contribution in [1.82, 2.24) is 0 Å². The molecule has 366 valence electrons. The highest BCUT2D eigenvalue weighted by atomic mass is 31.2. The molecule has 0 aliphatic carbocycles. The minimum Gasteiger partial charge on any atom is -0.756 e. The van der Waals surface area contributed by atoms with Crippen molar-refractivity contribution in [2.45, 2.75) is 213 Å². The summed E-state index contributed by atoms with van der Waals surface area (Å²) < 4.78 is 34.7. The van der Waals surface area contributed by atoms with E-state index >= 15 is 0 Å². The van der Waals surface area contributed by atoms with Crippen LogP contribution in [0.4, 0.5) is 0 Å². The lowest BCUT2D eigenvalue weighted by molar-refractivity contribution is -0.870. The van der Waals surface area contributed by atoms with Crippen LogP contribution in [0, 0.1) is 0 Å². The lowest BCUT2D eigenvalue weighted by Crippen LogP contribution is -2.37. The monoisotopic (exact) mass is 904 g/mol. The third-order valence-electron chi connectivity index (χ3n) is 10.7. The van der Waals surface area contributed by atoms with Crippen LogP contribution in [0.1, 0.15) is 206 Å². The summed E-state index contributed by atoms with van der Waals surface area (Å²) >= 11 is 0. The van der Waals surface area contributed by atoms with Gasteiger partial charge in [0, 0.05) is 13.0 Å². The Morgan fingerprint density at radius 1 is 0.508 bits per heavy atom. The van der Waals surface area contributed by atoms with E-state index in [9.17, 15) is 14.3 Å². The number of rotatable bonds is 47. The summed E-state index contributed by atoms with van der Waals surface area (Å²) in [5.41, 5.74) is 0. The standard InChI is InChI=1S/C54H98NO7P/c1-6-8-10-12-14-16-18-20-22-23-24-25-26-27-28-29-30-31-32-34-36-38-40-42-44-46-49-59-51-53(52-61-63(57,58)60-50-48-55(3,4)5)62-54(56)47-45-43-41-39-37-35-33-21-19-17-15-13-11-9-7-2/h8,10,14,16,20-22,24-25,27-28,33,53H,6-7,9,11-13,15,17-19,23,26,29-32,34-52H2,1-5H3/b10-8-,16-14-,22-20-,25-24-,28-27-,33-21-. The topological polar surface area (TPSA) is 94.1 Å². The molecule has 9 heteroatoms. The van der Waals surface area contributed by atoms with Gasteiger partial charge >= 0.3 is 5.97 Å². The number of nitrogens with zero attached hydrogens (tertiary/aromatic N) is 1. The molecule has 0 aromatic rings. The first kappa shape index (κ1) is 60.9. The van der Waals surface area contributed by atoms with Gasteiger partial charge in [-0.05, 0) is 83.5 Å². The zero-order valence-electron chi connectivity index (χ0n) is 41.5. The Labute approximate surface area is 389 Å². The maximum atomic E-state index is 12.7. The molecule has 0 heterocycles. The number of phosphoric ester groups is 1. The first-order valence-electron chi connectivity index (χ1n) is 25.7. The summed E-state index contributed by atoms with van der Waals surface area (Å²) in [5, 5.41) is 0. The SMILES string of the molecule is CC/C=C\C/C=C\C/C=C\C/C=C\C/C=C\CCCCCCCCCCCCOCC(COP(=O)([O-])OCC[N+](C)(C)C)OC(=O)CCCCCCC/C=C\CCCCCCCC. The second-order valence-electron chi connectivity index (χ2n) is 18.1. The molecule has 2 atom stereocenters. The Kier molecular flexibility index (Phi) is 44.9. The maximum Gasteiger partial charge on any atom is 0.306 e. The van der Waals surface area contributed by atoms with E-state index in [4.69, 9.17) is 18.5 Å². The minimum absolute atomic E-state index is 0.0210. The average molecular weight is 904 g/mol. The molecule has 0 aliphatic rings. The summed E-state index contributed by atoms with van der Waals surface area (Å²) in [4.78, 5) is 25.1. The van der Waals surface area contributed by atoms with Crippen molar-refractivity contribution in [3.63, 3.8) is 0 Å². The predicted molar refractivity (Wildman–Crippen MR) is 268 cm³/mol. The van der Waals surface area contributed by atoms with Crippen molar-refractivity contribution in [3.05, 3.63) is 72.9 Å². The van der Waals surface area contributed by atoms with E-state index in [1.807, 2.05) is 21.1 Å². The number of unbranched alkanes of at least 4 members (excludes halogenated alkanes) is 21. The average Bonchev–Trinajstić information content (AvgIpc) is 3.24. The number of likely N-dealkylation sites (N-methyl/N-ethyl adjacent to an activating group) is 1. The van der Waals surface area contributed by atoms with Gasteiger partial charge in [-0.1, -0.05) is 189 Å². The molecule has 0 aliphatic heterocycles. The van der Waals surface area contributed by atoms with E-state index in [0.29, 0.717) is 24.1 Å². The lowest BCUT2D eigenvalue weighted by Gasteiger charge is -2.28. The maximum absolute atomic E-state index is 12.7. The number of carbonyl (C=O) groups is 1. The van der Waals surface area contributed by atoms with Crippen molar-refractivity contribution < 1.29 is 37.3 Å². The van der Waals surface area contributed by atoms with Crippen LogP contribution in [0.25, 0.3) is 0 Å². The van der Waals surface area contributed by atoms with E-state index in [1.54, 1.807) is 0 Å². The summed E-state index contributed by atoms with van der Waals surface area (Å²) in [6.07, 6.45) is 60.7. The molecule has 0 saturated heterocycles. The van der Waals surface area contributed by atoms with Crippen molar-refractivity contribution in [2.24, 2.45) is 0 Å². The molecular weight excluding hydrogens is 806 g/mol. The molecular formula is C54H98NO7P. The summed E-state index contributed by atoms with van der Waals surface area (Å²) in [6.45, 7) is 5.27. The van der Waals surface area contributed by atoms with Gasteiger partial charge in [0.2, 0.25) is 0 Å². The van der Waals surface area contributed by atoms with Crippen LogP contribution in [0.15, 0.2) is 72.9 Å². The number of esters is 1. The van der Waals surface area contributed by atoms with Gasteiger partial charge in [0.25, 0.3) is 7.82 Å². The Bertz CT molecular complexity index is 1230. The Morgan fingerprint density at radius 3 is 1.40 bits per heavy atom. The van der Waals surface area contributed by atoms with Gasteiger partial charge in [-0.15, -0.1) is 0 Å². The number of quaternary nitrogens is 1. The van der Waals surface area contributed by atoms with Crippen LogP contribution >= 0.6 is 7.82 Å². The normalized spacial score (nSPS) is 14.2. The third kappa shape index (κ3) is 50.8. The van der Waals surface area contributed by atoms with Crippen LogP contribution in [-0.4, -0.2) is 70.7 Å². The molecule has 0 spiro atoms. The van der Waals surface area contributed by atoms with Crippen molar-refractivity contribution >= 4 is 13.8 Å². The number of ether oxygens (including phenoxy) is 2. The largest absolute Gasteiger partial charge is 0.756 e. The molecule has 0 rings (SSSR count). The summed E-state index contributed by atoms with van der Waals surface area (Å²) in [7, 11) is 1.34. The fourth-order valence-electron chi connectivity index (χ4n) is 6.80. The third-order valence-corrected chi connectivity index (χ3v) is 11.7. The molecule has 0 saturated carbocycles. The fraction of sp³-hybridized carbons (Fsp3) is 0.759. The summed E-state index contributed by atoms with van der Waals surface area (Å²) in [5.74, 6) is -0.346. The van der Waals surface area contributed by atoms with Crippen molar-refractivity contribution in [2.75, 3.05) is 54.1 Å². The highest BCUT2D eigenvalue weighted by Crippen LogP contribution is 2.38. The van der Waals surface area contributed by atoms with Gasteiger partial charge in [0.1, 0.15) is 19.3 Å². The predicted octanol–water partition coefficient (Wildman–Crippen LogP) is 15.2. The van der Waals surface area contributed by atoms with E-state index < -0.39 is 13.9 Å². The zero-order valence-corrected chi connectivity index (χ0v) is 42.4. The first-order chi connectivity index (χ1) is 30.6. The van der Waals surface area contributed by atoms with E-state index in [-0.39, 0.29) is 25.8 Å². The molecule has 8 nitrogen and oxygen atoms in total. The van der Waals surface area contributed by atoms with Crippen LogP contribution < -0.4 is 4.89 Å². The summed E-state index contributed by atoms with van der Waals surface area (Å²) in [6, 6.07) is 0. The van der Waals surface area contributed by atoms with Gasteiger partial charge in [-0.25, -0.2) is 0 Å². The molecule has 0 N–H and O–H groups in total. The second kappa shape index (κ2) is 46.5. The van der Waals surface area contributed by atoms with Crippen LogP contribution in [-0.2, 0) is 27.9 Å². The van der Waals surface area contributed by atoms with E-state index in [0.717, 1.165) is 77.0 Å². The van der Waals surface area contributed by atoms with Gasteiger partial charge in [0.05, 0.1) is 34.4 Å². The van der Waals surface area contributed by atoms with Gasteiger partial charge in [-0.3, -0.25) is 9.36 Å². The second-order valence-corrected chi connectivity index (χ2v) is 19.6. The first-order valence-corrected chi connectivity index (χ1v) is 27.1. The molecule has 0 amide bonds. The van der Waals surface area contributed by atoms with Gasteiger partial charge < -0.3 is 27.9 Å². The smallest absolute Gasteiger partial charge is 0.306 e. The Hall–Kier alpha value is -2.06. The molecule has 63 heavy (non-hydrogen) atoms.